The van der Waals surface area contributed by atoms with Crippen molar-refractivity contribution in [1.29, 1.82) is 0 Å². The molecule has 0 saturated carbocycles. The van der Waals surface area contributed by atoms with Crippen LogP contribution in [0, 0.1) is 5.82 Å². The molecule has 0 aromatic heterocycles. The summed E-state index contributed by atoms with van der Waals surface area (Å²) >= 11 is 3.23. The van der Waals surface area contributed by atoms with E-state index in [1.807, 2.05) is 0 Å². The van der Waals surface area contributed by atoms with Gasteiger partial charge in [0.2, 0.25) is 0 Å². The molecule has 0 spiro atoms. The predicted octanol–water partition coefficient (Wildman–Crippen LogP) is 3.36. The highest BCUT2D eigenvalue weighted by Gasteiger charge is 2.18. The molecule has 2 aromatic rings. The van der Waals surface area contributed by atoms with Gasteiger partial charge in [0.1, 0.15) is 22.2 Å². The van der Waals surface area contributed by atoms with Crippen molar-refractivity contribution in [3.63, 3.8) is 0 Å². The van der Waals surface area contributed by atoms with Crippen molar-refractivity contribution in [2.45, 2.75) is 4.90 Å². The van der Waals surface area contributed by atoms with Crippen molar-refractivity contribution >= 4 is 26.0 Å². The molecule has 0 N–H and O–H groups in total. The summed E-state index contributed by atoms with van der Waals surface area (Å²) in [5.41, 5.74) is 0. The molecule has 0 fully saturated rings. The van der Waals surface area contributed by atoms with Crippen LogP contribution in [-0.2, 0) is 10.1 Å². The molecule has 7 heteroatoms. The number of hydrogen-bond acceptors (Lipinski definition) is 4. The number of rotatable bonds is 4. The zero-order valence-electron chi connectivity index (χ0n) is 10.3. The molecule has 2 rings (SSSR count). The molecule has 0 aliphatic rings. The second-order valence-electron chi connectivity index (χ2n) is 3.79. The maximum atomic E-state index is 12.8. The van der Waals surface area contributed by atoms with Gasteiger partial charge in [0.15, 0.2) is 0 Å². The molecule has 0 saturated heterocycles. The quantitative estimate of drug-likeness (QED) is 0.784. The Bertz CT molecular complexity index is 714. The molecule has 0 bridgehead atoms. The predicted molar refractivity (Wildman–Crippen MR) is 74.9 cm³/mol. The van der Waals surface area contributed by atoms with Crippen LogP contribution in [0.4, 0.5) is 4.39 Å². The Kier molecular flexibility index (Phi) is 4.29. The Labute approximate surface area is 124 Å². The van der Waals surface area contributed by atoms with E-state index in [1.54, 1.807) is 6.07 Å². The fraction of sp³-hybridized carbons (Fsp3) is 0.0769. The summed E-state index contributed by atoms with van der Waals surface area (Å²) in [5, 5.41) is 0. The third-order valence-corrected chi connectivity index (χ3v) is 4.33. The molecule has 2 aromatic carbocycles. The smallest absolute Gasteiger partial charge is 0.339 e. The minimum absolute atomic E-state index is 0.0354. The van der Waals surface area contributed by atoms with Gasteiger partial charge in [0.25, 0.3) is 0 Å². The van der Waals surface area contributed by atoms with Gasteiger partial charge in [-0.1, -0.05) is 0 Å². The van der Waals surface area contributed by atoms with E-state index < -0.39 is 15.9 Å². The van der Waals surface area contributed by atoms with E-state index in [0.717, 1.165) is 12.1 Å². The Morgan fingerprint density at radius 1 is 1.10 bits per heavy atom. The van der Waals surface area contributed by atoms with Gasteiger partial charge in [0.05, 0.1) is 11.6 Å². The highest BCUT2D eigenvalue weighted by molar-refractivity contribution is 9.10. The van der Waals surface area contributed by atoms with Crippen molar-refractivity contribution < 1.29 is 21.7 Å². The van der Waals surface area contributed by atoms with Crippen LogP contribution in [0.5, 0.6) is 11.5 Å². The van der Waals surface area contributed by atoms with Crippen molar-refractivity contribution in [1.82, 2.24) is 0 Å². The molecule has 106 valence electrons. The lowest BCUT2D eigenvalue weighted by atomic mass is 10.3. The van der Waals surface area contributed by atoms with Crippen molar-refractivity contribution in [2.75, 3.05) is 7.11 Å². The largest absolute Gasteiger partial charge is 0.496 e. The molecule has 0 aliphatic heterocycles. The van der Waals surface area contributed by atoms with E-state index >= 15 is 0 Å². The number of benzene rings is 2. The lowest BCUT2D eigenvalue weighted by molar-refractivity contribution is 0.410. The minimum atomic E-state index is -4.00. The Morgan fingerprint density at radius 3 is 2.35 bits per heavy atom. The van der Waals surface area contributed by atoms with Gasteiger partial charge in [-0.2, -0.15) is 8.42 Å². The first-order chi connectivity index (χ1) is 9.42. The molecule has 0 heterocycles. The van der Waals surface area contributed by atoms with Crippen LogP contribution in [0.3, 0.4) is 0 Å². The Hall–Kier alpha value is -1.60. The zero-order chi connectivity index (χ0) is 14.8. The topological polar surface area (TPSA) is 52.6 Å². The number of halogens is 2. The van der Waals surface area contributed by atoms with Crippen molar-refractivity contribution in [2.24, 2.45) is 0 Å². The average Bonchev–Trinajstić information content (AvgIpc) is 2.41. The van der Waals surface area contributed by atoms with E-state index in [9.17, 15) is 12.8 Å². The number of hydrogen-bond donors (Lipinski definition) is 0. The van der Waals surface area contributed by atoms with Crippen LogP contribution in [-0.4, -0.2) is 15.5 Å². The van der Waals surface area contributed by atoms with E-state index in [0.29, 0.717) is 10.2 Å². The Morgan fingerprint density at radius 2 is 1.75 bits per heavy atom. The SMILES string of the molecule is COc1cc(S(=O)(=O)Oc2ccc(F)cc2)ccc1Br. The fourth-order valence-electron chi connectivity index (χ4n) is 1.46. The maximum absolute atomic E-state index is 12.8. The van der Waals surface area contributed by atoms with Gasteiger partial charge in [-0.25, -0.2) is 4.39 Å². The van der Waals surface area contributed by atoms with E-state index in [-0.39, 0.29) is 10.6 Å². The number of methoxy groups -OCH3 is 1. The molecule has 0 radical (unpaired) electrons. The summed E-state index contributed by atoms with van der Waals surface area (Å²) < 4.78 is 47.5. The van der Waals surface area contributed by atoms with Crippen molar-refractivity contribution in [3.05, 3.63) is 52.8 Å². The highest BCUT2D eigenvalue weighted by atomic mass is 79.9. The number of ether oxygens (including phenoxy) is 1. The first-order valence-corrected chi connectivity index (χ1v) is 7.66. The molecule has 0 unspecified atom stereocenters. The van der Waals surface area contributed by atoms with E-state index in [2.05, 4.69) is 15.9 Å². The molecule has 0 atom stereocenters. The lowest BCUT2D eigenvalue weighted by Crippen LogP contribution is -2.10. The summed E-state index contributed by atoms with van der Waals surface area (Å²) in [7, 11) is -2.57. The summed E-state index contributed by atoms with van der Waals surface area (Å²) in [6, 6.07) is 8.97. The third kappa shape index (κ3) is 3.29. The van der Waals surface area contributed by atoms with Gasteiger partial charge in [0, 0.05) is 6.07 Å². The monoisotopic (exact) mass is 360 g/mol. The first-order valence-electron chi connectivity index (χ1n) is 5.46. The second-order valence-corrected chi connectivity index (χ2v) is 6.19. The van der Waals surface area contributed by atoms with Gasteiger partial charge in [-0.3, -0.25) is 0 Å². The second kappa shape index (κ2) is 5.80. The highest BCUT2D eigenvalue weighted by Crippen LogP contribution is 2.28. The van der Waals surface area contributed by atoms with Gasteiger partial charge >= 0.3 is 10.1 Å². The van der Waals surface area contributed by atoms with E-state index in [4.69, 9.17) is 8.92 Å². The van der Waals surface area contributed by atoms with Crippen LogP contribution in [0.1, 0.15) is 0 Å². The fourth-order valence-corrected chi connectivity index (χ4v) is 2.82. The first kappa shape index (κ1) is 14.8. The van der Waals surface area contributed by atoms with Crippen LogP contribution in [0.2, 0.25) is 0 Å². The lowest BCUT2D eigenvalue weighted by Gasteiger charge is -2.09. The summed E-state index contributed by atoms with van der Waals surface area (Å²) in [5.74, 6) is -0.0675. The van der Waals surface area contributed by atoms with Crippen LogP contribution in [0.15, 0.2) is 51.8 Å². The van der Waals surface area contributed by atoms with Crippen molar-refractivity contribution in [3.8, 4) is 11.5 Å². The average molecular weight is 361 g/mol. The zero-order valence-corrected chi connectivity index (χ0v) is 12.7. The molecule has 20 heavy (non-hydrogen) atoms. The van der Waals surface area contributed by atoms with Gasteiger partial charge in [-0.05, 0) is 52.3 Å². The summed E-state index contributed by atoms with van der Waals surface area (Å²) in [4.78, 5) is -0.0538. The molecular weight excluding hydrogens is 351 g/mol. The van der Waals surface area contributed by atoms with Gasteiger partial charge in [-0.15, -0.1) is 0 Å². The normalized spacial score (nSPS) is 11.2. The van der Waals surface area contributed by atoms with Crippen LogP contribution in [0.25, 0.3) is 0 Å². The summed E-state index contributed by atoms with van der Waals surface area (Å²) in [6.07, 6.45) is 0. The van der Waals surface area contributed by atoms with Gasteiger partial charge < -0.3 is 8.92 Å². The standard InChI is InChI=1S/C13H10BrFO4S/c1-18-13-8-11(6-7-12(13)14)20(16,17)19-10-4-2-9(15)3-5-10/h2-8H,1H3. The molecular formula is C13H10BrFO4S. The molecule has 0 amide bonds. The van der Waals surface area contributed by atoms with Crippen LogP contribution < -0.4 is 8.92 Å². The van der Waals surface area contributed by atoms with E-state index in [1.165, 1.54) is 31.4 Å². The molecule has 4 nitrogen and oxygen atoms in total. The minimum Gasteiger partial charge on any atom is -0.496 e. The Balaban J connectivity index is 2.33. The summed E-state index contributed by atoms with van der Waals surface area (Å²) in [6.45, 7) is 0. The molecule has 0 aliphatic carbocycles. The maximum Gasteiger partial charge on any atom is 0.339 e. The van der Waals surface area contributed by atoms with Crippen LogP contribution >= 0.6 is 15.9 Å². The third-order valence-electron chi connectivity index (χ3n) is 2.43.